The Bertz CT molecular complexity index is 403. The van der Waals surface area contributed by atoms with Crippen LogP contribution in [0.1, 0.15) is 24.2 Å². The van der Waals surface area contributed by atoms with Crippen molar-refractivity contribution in [3.63, 3.8) is 0 Å². The standard InChI is InChI=1S/C14H22N2O2/c1-14(2,9-15-3)10-16-13(17)11-7-5-6-8-12(11)18-4/h5-8,15H,9-10H2,1-4H3,(H,16,17). The van der Waals surface area contributed by atoms with Gasteiger partial charge >= 0.3 is 0 Å². The summed E-state index contributed by atoms with van der Waals surface area (Å²) in [6.45, 7) is 5.67. The lowest BCUT2D eigenvalue weighted by Crippen LogP contribution is -2.39. The minimum Gasteiger partial charge on any atom is -0.496 e. The smallest absolute Gasteiger partial charge is 0.255 e. The first-order valence-corrected chi connectivity index (χ1v) is 6.06. The molecule has 2 N–H and O–H groups in total. The maximum absolute atomic E-state index is 12.1. The molecule has 1 rings (SSSR count). The lowest BCUT2D eigenvalue weighted by Gasteiger charge is -2.24. The zero-order valence-corrected chi connectivity index (χ0v) is 11.5. The van der Waals surface area contributed by atoms with Crippen LogP contribution in [0.2, 0.25) is 0 Å². The Morgan fingerprint density at radius 2 is 1.94 bits per heavy atom. The largest absolute Gasteiger partial charge is 0.496 e. The van der Waals surface area contributed by atoms with Crippen LogP contribution < -0.4 is 15.4 Å². The van der Waals surface area contributed by atoms with E-state index in [9.17, 15) is 4.79 Å². The number of methoxy groups -OCH3 is 1. The van der Waals surface area contributed by atoms with Crippen molar-refractivity contribution in [3.8, 4) is 5.75 Å². The second-order valence-corrected chi connectivity index (χ2v) is 5.08. The number of para-hydroxylation sites is 1. The number of carbonyl (C=O) groups is 1. The first-order chi connectivity index (χ1) is 8.50. The molecular weight excluding hydrogens is 228 g/mol. The van der Waals surface area contributed by atoms with Gasteiger partial charge in [-0.05, 0) is 24.6 Å². The van der Waals surface area contributed by atoms with Crippen LogP contribution in [0, 0.1) is 5.41 Å². The zero-order valence-electron chi connectivity index (χ0n) is 11.5. The number of amides is 1. The fourth-order valence-electron chi connectivity index (χ4n) is 1.79. The lowest BCUT2D eigenvalue weighted by atomic mass is 9.93. The highest BCUT2D eigenvalue weighted by molar-refractivity contribution is 5.96. The molecule has 4 nitrogen and oxygen atoms in total. The molecule has 100 valence electrons. The second-order valence-electron chi connectivity index (χ2n) is 5.08. The van der Waals surface area contributed by atoms with Gasteiger partial charge in [0.05, 0.1) is 12.7 Å². The number of ether oxygens (including phenoxy) is 1. The van der Waals surface area contributed by atoms with E-state index in [1.54, 1.807) is 19.2 Å². The van der Waals surface area contributed by atoms with Crippen molar-refractivity contribution in [2.24, 2.45) is 5.41 Å². The first kappa shape index (κ1) is 14.5. The topological polar surface area (TPSA) is 50.4 Å². The molecule has 0 aliphatic heterocycles. The van der Waals surface area contributed by atoms with Crippen LogP contribution >= 0.6 is 0 Å². The highest BCUT2D eigenvalue weighted by Gasteiger charge is 2.19. The first-order valence-electron chi connectivity index (χ1n) is 6.06. The molecule has 0 heterocycles. The van der Waals surface area contributed by atoms with Crippen LogP contribution in [0.4, 0.5) is 0 Å². The van der Waals surface area contributed by atoms with Crippen LogP contribution in [0.5, 0.6) is 5.75 Å². The highest BCUT2D eigenvalue weighted by atomic mass is 16.5. The number of benzene rings is 1. The molecule has 0 saturated heterocycles. The van der Waals surface area contributed by atoms with E-state index in [2.05, 4.69) is 24.5 Å². The van der Waals surface area contributed by atoms with Gasteiger partial charge in [-0.1, -0.05) is 26.0 Å². The van der Waals surface area contributed by atoms with Crippen LogP contribution in [-0.4, -0.2) is 33.2 Å². The van der Waals surface area contributed by atoms with E-state index in [4.69, 9.17) is 4.74 Å². The Labute approximate surface area is 109 Å². The normalized spacial score (nSPS) is 11.1. The molecule has 0 fully saturated rings. The molecule has 4 heteroatoms. The molecule has 0 bridgehead atoms. The van der Waals surface area contributed by atoms with Crippen molar-refractivity contribution in [1.29, 1.82) is 0 Å². The molecule has 1 aromatic rings. The minimum absolute atomic E-state index is 0.0203. The quantitative estimate of drug-likeness (QED) is 0.807. The molecule has 0 aliphatic rings. The summed E-state index contributed by atoms with van der Waals surface area (Å²) in [4.78, 5) is 12.1. The third-order valence-electron chi connectivity index (χ3n) is 2.73. The maximum atomic E-state index is 12.1. The average molecular weight is 250 g/mol. The Morgan fingerprint density at radius 1 is 1.28 bits per heavy atom. The summed E-state index contributed by atoms with van der Waals surface area (Å²) in [6.07, 6.45) is 0. The lowest BCUT2D eigenvalue weighted by molar-refractivity contribution is 0.0933. The van der Waals surface area contributed by atoms with E-state index in [1.165, 1.54) is 0 Å². The third-order valence-corrected chi connectivity index (χ3v) is 2.73. The van der Waals surface area contributed by atoms with Crippen molar-refractivity contribution >= 4 is 5.91 Å². The van der Waals surface area contributed by atoms with Crippen LogP contribution in [0.15, 0.2) is 24.3 Å². The third kappa shape index (κ3) is 4.04. The molecule has 0 aromatic heterocycles. The fourth-order valence-corrected chi connectivity index (χ4v) is 1.79. The number of hydrogen-bond donors (Lipinski definition) is 2. The van der Waals surface area contributed by atoms with Crippen LogP contribution in [0.3, 0.4) is 0 Å². The average Bonchev–Trinajstić information content (AvgIpc) is 2.36. The highest BCUT2D eigenvalue weighted by Crippen LogP contribution is 2.18. The molecule has 0 aliphatic carbocycles. The van der Waals surface area contributed by atoms with E-state index in [0.29, 0.717) is 17.9 Å². The summed E-state index contributed by atoms with van der Waals surface area (Å²) in [5.41, 5.74) is 0.590. The number of rotatable bonds is 6. The Morgan fingerprint density at radius 3 is 2.56 bits per heavy atom. The summed E-state index contributed by atoms with van der Waals surface area (Å²) >= 11 is 0. The van der Waals surface area contributed by atoms with Gasteiger partial charge in [0.25, 0.3) is 5.91 Å². The predicted molar refractivity (Wildman–Crippen MR) is 73.0 cm³/mol. The van der Waals surface area contributed by atoms with Crippen molar-refractivity contribution in [2.75, 3.05) is 27.2 Å². The number of nitrogens with one attached hydrogen (secondary N) is 2. The second kappa shape index (κ2) is 6.40. The van der Waals surface area contributed by atoms with Gasteiger partial charge in [-0.2, -0.15) is 0 Å². The van der Waals surface area contributed by atoms with Crippen molar-refractivity contribution in [1.82, 2.24) is 10.6 Å². The minimum atomic E-state index is -0.100. The monoisotopic (exact) mass is 250 g/mol. The van der Waals surface area contributed by atoms with E-state index in [0.717, 1.165) is 6.54 Å². The van der Waals surface area contributed by atoms with E-state index in [1.807, 2.05) is 19.2 Å². The maximum Gasteiger partial charge on any atom is 0.255 e. The van der Waals surface area contributed by atoms with Gasteiger partial charge in [-0.15, -0.1) is 0 Å². The summed E-state index contributed by atoms with van der Waals surface area (Å²) in [5.74, 6) is 0.498. The van der Waals surface area contributed by atoms with Gasteiger partial charge in [-0.25, -0.2) is 0 Å². The van der Waals surface area contributed by atoms with E-state index in [-0.39, 0.29) is 11.3 Å². The van der Waals surface area contributed by atoms with E-state index < -0.39 is 0 Å². The SMILES string of the molecule is CNCC(C)(C)CNC(=O)c1ccccc1OC. The van der Waals surface area contributed by atoms with Crippen LogP contribution in [-0.2, 0) is 0 Å². The molecule has 1 amide bonds. The molecule has 0 radical (unpaired) electrons. The molecule has 0 atom stereocenters. The van der Waals surface area contributed by atoms with Gasteiger partial charge in [0.15, 0.2) is 0 Å². The molecule has 18 heavy (non-hydrogen) atoms. The summed E-state index contributed by atoms with van der Waals surface area (Å²) in [5, 5.41) is 6.06. The van der Waals surface area contributed by atoms with Gasteiger partial charge in [0.2, 0.25) is 0 Å². The fraction of sp³-hybridized carbons (Fsp3) is 0.500. The van der Waals surface area contributed by atoms with Crippen molar-refractivity contribution in [2.45, 2.75) is 13.8 Å². The molecule has 0 saturated carbocycles. The number of carbonyl (C=O) groups excluding carboxylic acids is 1. The Hall–Kier alpha value is -1.55. The zero-order chi connectivity index (χ0) is 13.6. The van der Waals surface area contributed by atoms with Crippen LogP contribution in [0.25, 0.3) is 0 Å². The molecule has 1 aromatic carbocycles. The van der Waals surface area contributed by atoms with Gasteiger partial charge in [0, 0.05) is 13.1 Å². The summed E-state index contributed by atoms with van der Waals surface area (Å²) in [6, 6.07) is 7.23. The molecule has 0 unspecified atom stereocenters. The summed E-state index contributed by atoms with van der Waals surface area (Å²) in [7, 11) is 3.47. The Kier molecular flexibility index (Phi) is 5.16. The van der Waals surface area contributed by atoms with Gasteiger partial charge < -0.3 is 15.4 Å². The molecular formula is C14H22N2O2. The van der Waals surface area contributed by atoms with E-state index >= 15 is 0 Å². The predicted octanol–water partition coefficient (Wildman–Crippen LogP) is 1.67. The molecule has 0 spiro atoms. The Balaban J connectivity index is 2.66. The van der Waals surface area contributed by atoms with Crippen molar-refractivity contribution < 1.29 is 9.53 Å². The van der Waals surface area contributed by atoms with Gasteiger partial charge in [-0.3, -0.25) is 4.79 Å². The van der Waals surface area contributed by atoms with Gasteiger partial charge in [0.1, 0.15) is 5.75 Å². The van der Waals surface area contributed by atoms with Crippen molar-refractivity contribution in [3.05, 3.63) is 29.8 Å². The summed E-state index contributed by atoms with van der Waals surface area (Å²) < 4.78 is 5.17. The number of hydrogen-bond acceptors (Lipinski definition) is 3.